The summed E-state index contributed by atoms with van der Waals surface area (Å²) in [6.45, 7) is 11.1. The number of ether oxygens (including phenoxy) is 2. The van der Waals surface area contributed by atoms with Gasteiger partial charge in [0.2, 0.25) is 0 Å². The van der Waals surface area contributed by atoms with Crippen LogP contribution in [-0.4, -0.2) is 53.4 Å². The van der Waals surface area contributed by atoms with Crippen LogP contribution >= 0.6 is 0 Å². The summed E-state index contributed by atoms with van der Waals surface area (Å²) in [4.78, 5) is 6.81. The van der Waals surface area contributed by atoms with Gasteiger partial charge in [-0.1, -0.05) is 43.7 Å². The fourth-order valence-corrected chi connectivity index (χ4v) is 6.24. The second-order valence-corrected chi connectivity index (χ2v) is 12.3. The van der Waals surface area contributed by atoms with Crippen molar-refractivity contribution >= 4 is 5.82 Å². The van der Waals surface area contributed by atoms with E-state index in [1.807, 2.05) is 0 Å². The Balaban J connectivity index is 1.37. The van der Waals surface area contributed by atoms with E-state index in [9.17, 15) is 8.78 Å². The van der Waals surface area contributed by atoms with Crippen LogP contribution in [0, 0.1) is 11.8 Å². The highest BCUT2D eigenvalue weighted by Gasteiger charge is 2.48. The Morgan fingerprint density at radius 1 is 1.08 bits per heavy atom. The zero-order valence-corrected chi connectivity index (χ0v) is 23.3. The van der Waals surface area contributed by atoms with E-state index >= 15 is 0 Å². The van der Waals surface area contributed by atoms with E-state index < -0.39 is 5.92 Å². The third-order valence-electron chi connectivity index (χ3n) is 8.43. The largest absolute Gasteiger partial charge is 0.372 e. The van der Waals surface area contributed by atoms with Crippen LogP contribution in [0.5, 0.6) is 0 Å². The monoisotopic (exact) mass is 527 g/mol. The number of rotatable bonds is 8. The summed E-state index contributed by atoms with van der Waals surface area (Å²) in [7, 11) is 0. The molecule has 0 radical (unpaired) electrons. The Bertz CT molecular complexity index is 1080. The number of anilines is 1. The molecule has 5 nitrogen and oxygen atoms in total. The molecule has 1 saturated carbocycles. The third-order valence-corrected chi connectivity index (χ3v) is 8.43. The number of hydrogen-bond donors (Lipinski definition) is 1. The highest BCUT2D eigenvalue weighted by atomic mass is 19.3. The van der Waals surface area contributed by atoms with Gasteiger partial charge in [-0.3, -0.25) is 4.90 Å². The van der Waals surface area contributed by atoms with E-state index in [1.54, 1.807) is 12.1 Å². The van der Waals surface area contributed by atoms with Crippen molar-refractivity contribution in [3.63, 3.8) is 0 Å². The summed E-state index contributed by atoms with van der Waals surface area (Å²) in [5.41, 5.74) is 2.32. The number of hydrogen-bond acceptors (Lipinski definition) is 5. The van der Waals surface area contributed by atoms with Gasteiger partial charge in [-0.2, -0.15) is 8.78 Å². The number of halogens is 2. The Morgan fingerprint density at radius 3 is 2.53 bits per heavy atom. The van der Waals surface area contributed by atoms with Crippen LogP contribution in [-0.2, 0) is 28.4 Å². The van der Waals surface area contributed by atoms with Crippen LogP contribution in [0.15, 0.2) is 42.5 Å². The van der Waals surface area contributed by atoms with Gasteiger partial charge in [-0.25, -0.2) is 4.98 Å². The first-order valence-corrected chi connectivity index (χ1v) is 14.3. The molecule has 0 bridgehead atoms. The van der Waals surface area contributed by atoms with Gasteiger partial charge in [0.05, 0.1) is 30.5 Å². The summed E-state index contributed by atoms with van der Waals surface area (Å²) in [6, 6.07) is 13.5. The molecule has 4 atom stereocenters. The Kier molecular flexibility index (Phi) is 8.09. The molecule has 3 aliphatic rings. The van der Waals surface area contributed by atoms with Gasteiger partial charge in [0.15, 0.2) is 0 Å². The second kappa shape index (κ2) is 11.2. The molecule has 5 rings (SSSR count). The normalized spacial score (nSPS) is 27.0. The van der Waals surface area contributed by atoms with E-state index in [-0.39, 0.29) is 41.9 Å². The van der Waals surface area contributed by atoms with Crippen molar-refractivity contribution in [1.82, 2.24) is 9.88 Å². The number of aromatic nitrogens is 1. The van der Waals surface area contributed by atoms with E-state index in [1.165, 1.54) is 30.5 Å². The quantitative estimate of drug-likeness (QED) is 0.429. The fourth-order valence-electron chi connectivity index (χ4n) is 6.24. The van der Waals surface area contributed by atoms with Crippen LogP contribution in [0.25, 0.3) is 0 Å². The van der Waals surface area contributed by atoms with Gasteiger partial charge < -0.3 is 14.8 Å². The van der Waals surface area contributed by atoms with Crippen molar-refractivity contribution in [1.29, 1.82) is 0 Å². The highest BCUT2D eigenvalue weighted by molar-refractivity contribution is 5.38. The van der Waals surface area contributed by atoms with Crippen LogP contribution in [0.2, 0.25) is 0 Å². The van der Waals surface area contributed by atoms with Crippen molar-refractivity contribution in [3.8, 4) is 0 Å². The fraction of sp³-hybridized carbons (Fsp3) is 0.645. The Morgan fingerprint density at radius 2 is 1.84 bits per heavy atom. The van der Waals surface area contributed by atoms with E-state index in [2.05, 4.69) is 60.2 Å². The molecule has 0 unspecified atom stereocenters. The molecule has 0 amide bonds. The van der Waals surface area contributed by atoms with E-state index in [0.29, 0.717) is 18.3 Å². The van der Waals surface area contributed by atoms with Gasteiger partial charge in [0.25, 0.3) is 5.92 Å². The summed E-state index contributed by atoms with van der Waals surface area (Å²) < 4.78 is 42.2. The molecule has 208 valence electrons. The molecule has 1 aromatic carbocycles. The summed E-state index contributed by atoms with van der Waals surface area (Å²) in [5.74, 6) is -1.72. The van der Waals surface area contributed by atoms with Crippen LogP contribution in [0.3, 0.4) is 0 Å². The van der Waals surface area contributed by atoms with Crippen molar-refractivity contribution < 1.29 is 18.3 Å². The number of benzene rings is 1. The summed E-state index contributed by atoms with van der Waals surface area (Å²) >= 11 is 0. The number of alkyl halides is 2. The number of pyridine rings is 1. The number of nitrogens with one attached hydrogen (secondary N) is 1. The average molecular weight is 528 g/mol. The maximum Gasteiger partial charge on any atom is 0.289 e. The number of fused-ring (bicyclic) bond motifs is 1. The Hall–Kier alpha value is -2.09. The lowest BCUT2D eigenvalue weighted by molar-refractivity contribution is -0.199. The predicted molar refractivity (Wildman–Crippen MR) is 146 cm³/mol. The van der Waals surface area contributed by atoms with E-state index in [4.69, 9.17) is 9.47 Å². The minimum Gasteiger partial charge on any atom is -0.372 e. The first-order chi connectivity index (χ1) is 18.1. The highest BCUT2D eigenvalue weighted by Crippen LogP contribution is 2.43. The molecule has 7 heteroatoms. The van der Waals surface area contributed by atoms with Crippen LogP contribution < -0.4 is 5.32 Å². The molecule has 2 aliphatic heterocycles. The molecule has 0 spiro atoms. The molecular formula is C31H43F2N3O2. The maximum atomic E-state index is 14.4. The maximum absolute atomic E-state index is 14.4. The van der Waals surface area contributed by atoms with Gasteiger partial charge in [0.1, 0.15) is 11.5 Å². The first-order valence-electron chi connectivity index (χ1n) is 14.3. The third kappa shape index (κ3) is 6.21. The zero-order chi connectivity index (χ0) is 26.9. The summed E-state index contributed by atoms with van der Waals surface area (Å²) in [6.07, 6.45) is 4.19. The second-order valence-electron chi connectivity index (χ2n) is 12.3. The van der Waals surface area contributed by atoms with Crippen LogP contribution in [0.4, 0.5) is 14.6 Å². The predicted octanol–water partition coefficient (Wildman–Crippen LogP) is 6.42. The van der Waals surface area contributed by atoms with Gasteiger partial charge in [0, 0.05) is 32.0 Å². The topological polar surface area (TPSA) is 46.6 Å². The number of nitrogens with zero attached hydrogens (tertiary/aromatic N) is 2. The molecule has 1 aliphatic carbocycles. The molecule has 2 fully saturated rings. The van der Waals surface area contributed by atoms with Crippen molar-refractivity contribution in [2.45, 2.75) is 96.1 Å². The lowest BCUT2D eigenvalue weighted by Gasteiger charge is -2.51. The first kappa shape index (κ1) is 27.5. The summed E-state index contributed by atoms with van der Waals surface area (Å²) in [5, 5.41) is 3.51. The van der Waals surface area contributed by atoms with Crippen molar-refractivity contribution in [2.24, 2.45) is 11.8 Å². The molecule has 2 aromatic rings. The smallest absolute Gasteiger partial charge is 0.289 e. The molecule has 1 aromatic heterocycles. The SMILES string of the molecule is CCC(F)(F)c1cccc(N[C@H]2CO[C@H](CN3CCc4ccccc4C3)[C@H](OC(C)(C)C)[C@@H]2C2CCC2)n1. The molecule has 1 N–H and O–H groups in total. The van der Waals surface area contributed by atoms with Crippen molar-refractivity contribution in [3.05, 3.63) is 59.3 Å². The van der Waals surface area contributed by atoms with Crippen molar-refractivity contribution in [2.75, 3.05) is 25.0 Å². The standard InChI is InChI=1S/C31H43F2N3O2/c1-5-31(32,33)26-14-9-15-27(35-26)34-24-20-37-25(19-36-17-16-21-10-6-7-11-23(21)18-36)29(38-30(2,3)4)28(24)22-12-8-13-22/h6-7,9-11,14-15,22,24-25,28-29H,5,8,12-13,16-20H2,1-4H3,(H,34,35)/t24-,25+,28+,29-/m0/s1. The lowest BCUT2D eigenvalue weighted by Crippen LogP contribution is -2.60. The van der Waals surface area contributed by atoms with Crippen LogP contribution in [0.1, 0.15) is 70.2 Å². The molecular weight excluding hydrogens is 484 g/mol. The molecule has 38 heavy (non-hydrogen) atoms. The molecule has 1 saturated heterocycles. The average Bonchev–Trinajstić information content (AvgIpc) is 2.85. The van der Waals surface area contributed by atoms with Gasteiger partial charge in [-0.15, -0.1) is 0 Å². The minimum atomic E-state index is -2.94. The zero-order valence-electron chi connectivity index (χ0n) is 23.3. The molecule has 3 heterocycles. The van der Waals surface area contributed by atoms with Gasteiger partial charge in [-0.05, 0) is 69.2 Å². The lowest BCUT2D eigenvalue weighted by atomic mass is 9.68. The van der Waals surface area contributed by atoms with Gasteiger partial charge >= 0.3 is 0 Å². The minimum absolute atomic E-state index is 0.0492. The van der Waals surface area contributed by atoms with E-state index in [0.717, 1.165) is 38.9 Å². The Labute approximate surface area is 226 Å².